The molecule has 2 aromatic carbocycles. The van der Waals surface area contributed by atoms with Crippen LogP contribution in [0.25, 0.3) is 0 Å². The number of ether oxygens (including phenoxy) is 2. The average molecular weight is 397 g/mol. The Morgan fingerprint density at radius 3 is 2.48 bits per heavy atom. The molecule has 8 nitrogen and oxygen atoms in total. The number of nitrogens with one attached hydrogen (secondary N) is 2. The lowest BCUT2D eigenvalue weighted by atomic mass is 10.1. The van der Waals surface area contributed by atoms with Gasteiger partial charge >= 0.3 is 11.8 Å². The van der Waals surface area contributed by atoms with Crippen LogP contribution in [0.5, 0.6) is 11.5 Å². The smallest absolute Gasteiger partial charge is 0.310 e. The minimum Gasteiger partial charge on any atom is -0.493 e. The number of likely N-dealkylation sites (N-methyl/N-ethyl adjacent to an activating group) is 1. The molecule has 1 unspecified atom stereocenters. The number of para-hydroxylation sites is 1. The quantitative estimate of drug-likeness (QED) is 0.714. The van der Waals surface area contributed by atoms with Gasteiger partial charge in [0.05, 0.1) is 14.2 Å². The lowest BCUT2D eigenvalue weighted by Crippen LogP contribution is -2.44. The molecule has 0 bridgehead atoms. The van der Waals surface area contributed by atoms with Crippen molar-refractivity contribution in [1.29, 1.82) is 0 Å². The van der Waals surface area contributed by atoms with Crippen LogP contribution in [0.2, 0.25) is 0 Å². The third kappa shape index (κ3) is 4.16. The number of carbonyl (C=O) groups is 3. The van der Waals surface area contributed by atoms with Crippen molar-refractivity contribution in [1.82, 2.24) is 10.6 Å². The second-order valence-corrected chi connectivity index (χ2v) is 6.56. The van der Waals surface area contributed by atoms with Crippen molar-refractivity contribution >= 4 is 23.4 Å². The first-order valence-electron chi connectivity index (χ1n) is 9.12. The monoisotopic (exact) mass is 397 g/mol. The third-order valence-corrected chi connectivity index (χ3v) is 4.82. The number of amides is 3. The van der Waals surface area contributed by atoms with Gasteiger partial charge in [0.2, 0.25) is 0 Å². The SMILES string of the molecule is COc1ccc(CCNC(=O)C(=O)NC2C(=O)N(C)c3ccccc32)cc1OC. The second kappa shape index (κ2) is 8.64. The molecule has 0 aliphatic carbocycles. The fourth-order valence-electron chi connectivity index (χ4n) is 3.26. The Labute approximate surface area is 168 Å². The molecular formula is C21H23N3O5. The largest absolute Gasteiger partial charge is 0.493 e. The molecule has 8 heteroatoms. The third-order valence-electron chi connectivity index (χ3n) is 4.82. The highest BCUT2D eigenvalue weighted by Gasteiger charge is 2.36. The predicted molar refractivity (Wildman–Crippen MR) is 107 cm³/mol. The van der Waals surface area contributed by atoms with Gasteiger partial charge in [-0.15, -0.1) is 0 Å². The van der Waals surface area contributed by atoms with Crippen molar-refractivity contribution in [3.8, 4) is 11.5 Å². The summed E-state index contributed by atoms with van der Waals surface area (Å²) in [5.41, 5.74) is 2.31. The minimum absolute atomic E-state index is 0.261. The first kappa shape index (κ1) is 20.2. The van der Waals surface area contributed by atoms with Crippen LogP contribution in [0.1, 0.15) is 17.2 Å². The van der Waals surface area contributed by atoms with E-state index < -0.39 is 17.9 Å². The number of benzene rings is 2. The van der Waals surface area contributed by atoms with Gasteiger partial charge in [0.1, 0.15) is 6.04 Å². The summed E-state index contributed by atoms with van der Waals surface area (Å²) in [6.45, 7) is 0.261. The first-order chi connectivity index (χ1) is 14.0. The molecule has 1 atom stereocenters. The Hall–Kier alpha value is -3.55. The number of hydrogen-bond acceptors (Lipinski definition) is 5. The van der Waals surface area contributed by atoms with Crippen LogP contribution in [0.4, 0.5) is 5.69 Å². The maximum atomic E-state index is 12.4. The van der Waals surface area contributed by atoms with E-state index in [1.165, 1.54) is 4.90 Å². The number of nitrogens with zero attached hydrogens (tertiary/aromatic N) is 1. The van der Waals surface area contributed by atoms with Crippen LogP contribution in [-0.4, -0.2) is 45.5 Å². The van der Waals surface area contributed by atoms with Crippen molar-refractivity contribution in [2.75, 3.05) is 32.7 Å². The van der Waals surface area contributed by atoms with Crippen LogP contribution in [-0.2, 0) is 20.8 Å². The van der Waals surface area contributed by atoms with Gasteiger partial charge in [-0.05, 0) is 30.2 Å². The average Bonchev–Trinajstić information content (AvgIpc) is 2.98. The van der Waals surface area contributed by atoms with E-state index in [2.05, 4.69) is 10.6 Å². The Morgan fingerprint density at radius 1 is 1.03 bits per heavy atom. The molecule has 0 saturated heterocycles. The highest BCUT2D eigenvalue weighted by Crippen LogP contribution is 2.34. The fourth-order valence-corrected chi connectivity index (χ4v) is 3.26. The lowest BCUT2D eigenvalue weighted by Gasteiger charge is -2.13. The van der Waals surface area contributed by atoms with Gasteiger partial charge < -0.3 is 25.0 Å². The maximum absolute atomic E-state index is 12.4. The van der Waals surface area contributed by atoms with Gasteiger partial charge in [0, 0.05) is 24.8 Å². The molecule has 3 rings (SSSR count). The van der Waals surface area contributed by atoms with Crippen molar-refractivity contribution < 1.29 is 23.9 Å². The van der Waals surface area contributed by atoms with Crippen molar-refractivity contribution in [2.24, 2.45) is 0 Å². The van der Waals surface area contributed by atoms with Crippen molar-refractivity contribution in [3.05, 3.63) is 53.6 Å². The molecular weight excluding hydrogens is 374 g/mol. The van der Waals surface area contributed by atoms with Gasteiger partial charge in [0.15, 0.2) is 11.5 Å². The van der Waals surface area contributed by atoms with Gasteiger partial charge in [-0.3, -0.25) is 14.4 Å². The summed E-state index contributed by atoms with van der Waals surface area (Å²) in [6.07, 6.45) is 0.507. The van der Waals surface area contributed by atoms with Crippen LogP contribution in [0.15, 0.2) is 42.5 Å². The van der Waals surface area contributed by atoms with Crippen molar-refractivity contribution in [3.63, 3.8) is 0 Å². The van der Waals surface area contributed by atoms with Crippen LogP contribution in [0.3, 0.4) is 0 Å². The second-order valence-electron chi connectivity index (χ2n) is 6.56. The topological polar surface area (TPSA) is 97.0 Å². The molecule has 0 spiro atoms. The molecule has 29 heavy (non-hydrogen) atoms. The summed E-state index contributed by atoms with van der Waals surface area (Å²) in [5.74, 6) is -0.702. The molecule has 0 radical (unpaired) electrons. The van der Waals surface area contributed by atoms with E-state index >= 15 is 0 Å². The van der Waals surface area contributed by atoms with Crippen LogP contribution in [0, 0.1) is 0 Å². The Bertz CT molecular complexity index is 944. The molecule has 3 amide bonds. The molecule has 152 valence electrons. The number of anilines is 1. The molecule has 1 aliphatic heterocycles. The van der Waals surface area contributed by atoms with E-state index in [0.717, 1.165) is 11.3 Å². The maximum Gasteiger partial charge on any atom is 0.310 e. The minimum atomic E-state index is -0.861. The van der Waals surface area contributed by atoms with Gasteiger partial charge in [-0.2, -0.15) is 0 Å². The number of carbonyl (C=O) groups excluding carboxylic acids is 3. The summed E-state index contributed by atoms with van der Waals surface area (Å²) < 4.78 is 10.4. The predicted octanol–water partition coefficient (Wildman–Crippen LogP) is 1.20. The molecule has 2 aromatic rings. The van der Waals surface area contributed by atoms with E-state index in [1.807, 2.05) is 18.2 Å². The molecule has 0 aromatic heterocycles. The zero-order chi connectivity index (χ0) is 21.0. The van der Waals surface area contributed by atoms with Crippen LogP contribution < -0.4 is 25.0 Å². The number of methoxy groups -OCH3 is 2. The number of fused-ring (bicyclic) bond motifs is 1. The number of rotatable bonds is 6. The zero-order valence-corrected chi connectivity index (χ0v) is 16.5. The van der Waals surface area contributed by atoms with Crippen molar-refractivity contribution in [2.45, 2.75) is 12.5 Å². The molecule has 1 aliphatic rings. The summed E-state index contributed by atoms with van der Waals surface area (Å²) in [7, 11) is 4.74. The van der Waals surface area contributed by atoms with E-state index in [-0.39, 0.29) is 12.5 Å². The highest BCUT2D eigenvalue weighted by molar-refractivity contribution is 6.35. The summed E-state index contributed by atoms with van der Waals surface area (Å²) in [5, 5.41) is 5.09. The summed E-state index contributed by atoms with van der Waals surface area (Å²) in [4.78, 5) is 38.3. The Kier molecular flexibility index (Phi) is 6.01. The highest BCUT2D eigenvalue weighted by atomic mass is 16.5. The number of hydrogen-bond donors (Lipinski definition) is 2. The van der Waals surface area contributed by atoms with E-state index in [0.29, 0.717) is 23.5 Å². The molecule has 0 fully saturated rings. The molecule has 2 N–H and O–H groups in total. The van der Waals surface area contributed by atoms with Gasteiger partial charge in [-0.25, -0.2) is 0 Å². The Morgan fingerprint density at radius 2 is 1.76 bits per heavy atom. The lowest BCUT2D eigenvalue weighted by molar-refractivity contribution is -0.140. The molecule has 1 heterocycles. The normalized spacial score (nSPS) is 14.9. The van der Waals surface area contributed by atoms with Gasteiger partial charge in [-0.1, -0.05) is 24.3 Å². The summed E-state index contributed by atoms with van der Waals surface area (Å²) >= 11 is 0. The van der Waals surface area contributed by atoms with E-state index in [1.54, 1.807) is 45.5 Å². The van der Waals surface area contributed by atoms with Gasteiger partial charge in [0.25, 0.3) is 5.91 Å². The summed E-state index contributed by atoms with van der Waals surface area (Å²) in [6, 6.07) is 11.7. The van der Waals surface area contributed by atoms with E-state index in [9.17, 15) is 14.4 Å². The zero-order valence-electron chi connectivity index (χ0n) is 16.5. The Balaban J connectivity index is 1.55. The first-order valence-corrected chi connectivity index (χ1v) is 9.12. The fraction of sp³-hybridized carbons (Fsp3) is 0.286. The van der Waals surface area contributed by atoms with Crippen LogP contribution >= 0.6 is 0 Å². The molecule has 0 saturated carbocycles. The standard InChI is InChI=1S/C21H23N3O5/c1-24-15-7-5-4-6-14(15)18(21(24)27)23-20(26)19(25)22-11-10-13-8-9-16(28-2)17(12-13)29-3/h4-9,12,18H,10-11H2,1-3H3,(H,22,25)(H,23,26). The van der Waals surface area contributed by atoms with E-state index in [4.69, 9.17) is 9.47 Å².